The summed E-state index contributed by atoms with van der Waals surface area (Å²) in [4.78, 5) is 12.9. The van der Waals surface area contributed by atoms with Gasteiger partial charge in [-0.2, -0.15) is 9.78 Å². The summed E-state index contributed by atoms with van der Waals surface area (Å²) in [5.74, 6) is 0.399. The van der Waals surface area contributed by atoms with Crippen LogP contribution < -0.4 is 5.56 Å². The van der Waals surface area contributed by atoms with E-state index in [0.29, 0.717) is 33.7 Å². The second-order valence-corrected chi connectivity index (χ2v) is 6.87. The number of benzene rings is 2. The fourth-order valence-electron chi connectivity index (χ4n) is 2.95. The van der Waals surface area contributed by atoms with Crippen LogP contribution in [0, 0.1) is 11.0 Å². The van der Waals surface area contributed by atoms with Crippen LogP contribution in [-0.2, 0) is 0 Å². The predicted molar refractivity (Wildman–Crippen MR) is 109 cm³/mol. The molecule has 0 unspecified atom stereocenters. The van der Waals surface area contributed by atoms with Crippen LogP contribution in [0.5, 0.6) is 0 Å². The number of hydrogen-bond donors (Lipinski definition) is 0. The van der Waals surface area contributed by atoms with Gasteiger partial charge in [-0.15, -0.1) is 0 Å². The van der Waals surface area contributed by atoms with Crippen LogP contribution in [0.3, 0.4) is 0 Å². The van der Waals surface area contributed by atoms with Gasteiger partial charge in [0.2, 0.25) is 6.21 Å². The van der Waals surface area contributed by atoms with Gasteiger partial charge in [0.25, 0.3) is 5.56 Å². The van der Waals surface area contributed by atoms with Crippen molar-refractivity contribution in [1.82, 2.24) is 9.78 Å². The minimum absolute atomic E-state index is 0.220. The molecule has 4 aromatic rings. The lowest BCUT2D eigenvalue weighted by molar-refractivity contribution is -0.487. The Balaban J connectivity index is 1.92. The van der Waals surface area contributed by atoms with Gasteiger partial charge in [0.15, 0.2) is 17.6 Å². The summed E-state index contributed by atoms with van der Waals surface area (Å²) < 4.78 is 21.1. The number of hydrogen-bond acceptors (Lipinski definition) is 4. The van der Waals surface area contributed by atoms with E-state index < -0.39 is 5.82 Å². The van der Waals surface area contributed by atoms with Crippen LogP contribution in [0.15, 0.2) is 69.9 Å². The second kappa shape index (κ2) is 7.35. The topological polar surface area (TPSA) is 74.1 Å². The monoisotopic (exact) mass is 391 g/mol. The Hall–Kier alpha value is -3.74. The van der Waals surface area contributed by atoms with Crippen LogP contribution in [0.2, 0.25) is 0 Å². The molecule has 0 saturated heterocycles. The molecule has 0 fully saturated rings. The molecule has 2 aromatic carbocycles. The van der Waals surface area contributed by atoms with E-state index in [9.17, 15) is 14.4 Å². The van der Waals surface area contributed by atoms with Crippen molar-refractivity contribution in [3.8, 4) is 17.1 Å². The van der Waals surface area contributed by atoms with Gasteiger partial charge >= 0.3 is 0 Å². The van der Waals surface area contributed by atoms with Gasteiger partial charge in [-0.3, -0.25) is 4.79 Å². The van der Waals surface area contributed by atoms with Gasteiger partial charge in [-0.25, -0.2) is 9.13 Å². The number of halogens is 1. The molecule has 7 heteroatoms. The third-order valence-corrected chi connectivity index (χ3v) is 4.50. The molecule has 0 N–H and O–H groups in total. The molecule has 2 heterocycles. The predicted octanol–water partition coefficient (Wildman–Crippen LogP) is 4.12. The molecule has 146 valence electrons. The SMILES string of the molecule is CC(C)/[N+]([O-])=C/c1ccc(-c2nn(-c3ccc(F)cc3)c(=O)c3ccccc23)o1. The van der Waals surface area contributed by atoms with Gasteiger partial charge in [-0.05, 0) is 56.3 Å². The smallest absolute Gasteiger partial charge is 0.279 e. The van der Waals surface area contributed by atoms with Crippen molar-refractivity contribution in [2.45, 2.75) is 19.9 Å². The quantitative estimate of drug-likeness (QED) is 0.227. The summed E-state index contributed by atoms with van der Waals surface area (Å²) in [6.45, 7) is 3.56. The molecule has 0 saturated carbocycles. The van der Waals surface area contributed by atoms with Gasteiger partial charge in [0.1, 0.15) is 11.5 Å². The third-order valence-electron chi connectivity index (χ3n) is 4.50. The average molecular weight is 391 g/mol. The molecule has 6 nitrogen and oxygen atoms in total. The Bertz CT molecular complexity index is 1270. The summed E-state index contributed by atoms with van der Waals surface area (Å²) in [6, 6.07) is 15.7. The molecule has 0 radical (unpaired) electrons. The Labute approximate surface area is 165 Å². The van der Waals surface area contributed by atoms with Crippen molar-refractivity contribution in [3.05, 3.63) is 87.8 Å². The number of aromatic nitrogens is 2. The van der Waals surface area contributed by atoms with Crippen LogP contribution in [0.25, 0.3) is 27.9 Å². The molecule has 29 heavy (non-hydrogen) atoms. The maximum absolute atomic E-state index is 13.3. The van der Waals surface area contributed by atoms with Gasteiger partial charge < -0.3 is 9.62 Å². The highest BCUT2D eigenvalue weighted by Gasteiger charge is 2.16. The zero-order valence-corrected chi connectivity index (χ0v) is 15.9. The van der Waals surface area contributed by atoms with Crippen molar-refractivity contribution in [1.29, 1.82) is 0 Å². The van der Waals surface area contributed by atoms with Gasteiger partial charge in [-0.1, -0.05) is 18.2 Å². The van der Waals surface area contributed by atoms with E-state index in [4.69, 9.17) is 4.42 Å². The van der Waals surface area contributed by atoms with Crippen molar-refractivity contribution < 1.29 is 13.5 Å². The van der Waals surface area contributed by atoms with E-state index in [2.05, 4.69) is 5.10 Å². The number of fused-ring (bicyclic) bond motifs is 1. The van der Waals surface area contributed by atoms with E-state index in [-0.39, 0.29) is 11.6 Å². The highest BCUT2D eigenvalue weighted by Crippen LogP contribution is 2.26. The first kappa shape index (κ1) is 18.6. The molecular formula is C22H18FN3O3. The van der Waals surface area contributed by atoms with E-state index in [1.54, 1.807) is 44.2 Å². The molecule has 0 aliphatic rings. The molecule has 4 rings (SSSR count). The second-order valence-electron chi connectivity index (χ2n) is 6.87. The fourth-order valence-corrected chi connectivity index (χ4v) is 2.95. The largest absolute Gasteiger partial charge is 0.624 e. The first-order valence-electron chi connectivity index (χ1n) is 9.12. The number of hydroxylamine groups is 1. The van der Waals surface area contributed by atoms with Gasteiger partial charge in [0, 0.05) is 5.39 Å². The lowest BCUT2D eigenvalue weighted by atomic mass is 10.1. The molecule has 0 atom stereocenters. The summed E-state index contributed by atoms with van der Waals surface area (Å²) >= 11 is 0. The Morgan fingerprint density at radius 1 is 1.07 bits per heavy atom. The molecular weight excluding hydrogens is 373 g/mol. The first-order chi connectivity index (χ1) is 13.9. The molecule has 2 aromatic heterocycles. The number of rotatable bonds is 4. The first-order valence-corrected chi connectivity index (χ1v) is 9.12. The summed E-state index contributed by atoms with van der Waals surface area (Å²) in [5, 5.41) is 17.5. The minimum atomic E-state index is -0.402. The van der Waals surface area contributed by atoms with Crippen molar-refractivity contribution in [2.24, 2.45) is 0 Å². The van der Waals surface area contributed by atoms with Crippen molar-refractivity contribution in [2.75, 3.05) is 0 Å². The van der Waals surface area contributed by atoms with Gasteiger partial charge in [0.05, 0.1) is 11.1 Å². The molecule has 0 aliphatic heterocycles. The Morgan fingerprint density at radius 3 is 2.45 bits per heavy atom. The summed E-state index contributed by atoms with van der Waals surface area (Å²) in [6.07, 6.45) is 1.37. The maximum Gasteiger partial charge on any atom is 0.279 e. The zero-order chi connectivity index (χ0) is 20.5. The van der Waals surface area contributed by atoms with E-state index >= 15 is 0 Å². The van der Waals surface area contributed by atoms with Crippen LogP contribution >= 0.6 is 0 Å². The standard InChI is InChI=1S/C22H18FN3O3/c1-14(2)25(28)13-17-11-12-20(29-17)21-18-5-3-4-6-19(18)22(27)26(24-21)16-9-7-15(23)8-10-16/h3-14H,1-2H3/b25-13-. The van der Waals surface area contributed by atoms with Crippen molar-refractivity contribution in [3.63, 3.8) is 0 Å². The van der Waals surface area contributed by atoms with E-state index in [1.807, 2.05) is 6.07 Å². The van der Waals surface area contributed by atoms with E-state index in [0.717, 1.165) is 4.74 Å². The summed E-state index contributed by atoms with van der Waals surface area (Å²) in [5.41, 5.74) is 0.568. The average Bonchev–Trinajstić information content (AvgIpc) is 3.17. The highest BCUT2D eigenvalue weighted by molar-refractivity contribution is 5.93. The molecule has 0 spiro atoms. The molecule has 0 bridgehead atoms. The number of nitrogens with zero attached hydrogens (tertiary/aromatic N) is 3. The highest BCUT2D eigenvalue weighted by atomic mass is 19.1. The lowest BCUT2D eigenvalue weighted by Gasteiger charge is -2.10. The minimum Gasteiger partial charge on any atom is -0.624 e. The van der Waals surface area contributed by atoms with Crippen LogP contribution in [-0.4, -0.2) is 26.8 Å². The maximum atomic E-state index is 13.3. The molecule has 0 aliphatic carbocycles. The lowest BCUT2D eigenvalue weighted by Crippen LogP contribution is -2.22. The van der Waals surface area contributed by atoms with E-state index in [1.165, 1.54) is 35.2 Å². The van der Waals surface area contributed by atoms with Crippen LogP contribution in [0.1, 0.15) is 19.6 Å². The third kappa shape index (κ3) is 3.54. The van der Waals surface area contributed by atoms with Crippen molar-refractivity contribution >= 4 is 17.0 Å². The number of furan rings is 1. The fraction of sp³-hybridized carbons (Fsp3) is 0.136. The molecule has 0 amide bonds. The normalized spacial score (nSPS) is 12.1. The zero-order valence-electron chi connectivity index (χ0n) is 15.9. The Kier molecular flexibility index (Phi) is 4.72. The van der Waals surface area contributed by atoms with Crippen LogP contribution in [0.4, 0.5) is 4.39 Å². The summed E-state index contributed by atoms with van der Waals surface area (Å²) in [7, 11) is 0. The Morgan fingerprint density at radius 2 is 1.76 bits per heavy atom.